The van der Waals surface area contributed by atoms with Gasteiger partial charge in [-0.25, -0.2) is 4.79 Å². The molecule has 3 atom stereocenters. The first-order valence-electron chi connectivity index (χ1n) is 7.77. The van der Waals surface area contributed by atoms with E-state index in [0.29, 0.717) is 13.1 Å². The van der Waals surface area contributed by atoms with Gasteiger partial charge in [0.05, 0.1) is 12.2 Å². The van der Waals surface area contributed by atoms with Crippen LogP contribution in [-0.4, -0.2) is 75.2 Å². The van der Waals surface area contributed by atoms with Crippen LogP contribution in [0.3, 0.4) is 0 Å². The highest BCUT2D eigenvalue weighted by atomic mass is 16.6. The number of amides is 1. The normalized spacial score (nSPS) is 24.3. The molecule has 0 aromatic heterocycles. The lowest BCUT2D eigenvalue weighted by atomic mass is 10.2. The van der Waals surface area contributed by atoms with Crippen LogP contribution in [0.2, 0.25) is 0 Å². The summed E-state index contributed by atoms with van der Waals surface area (Å²) in [4.78, 5) is 13.9. The van der Waals surface area contributed by atoms with Crippen molar-refractivity contribution in [1.82, 2.24) is 10.2 Å². The van der Waals surface area contributed by atoms with E-state index in [9.17, 15) is 4.79 Å². The van der Waals surface area contributed by atoms with Gasteiger partial charge in [0.15, 0.2) is 0 Å². The van der Waals surface area contributed by atoms with Crippen molar-refractivity contribution < 1.29 is 19.0 Å². The highest BCUT2D eigenvalue weighted by molar-refractivity contribution is 5.67. The first-order valence-corrected chi connectivity index (χ1v) is 7.77. The molecule has 0 saturated carbocycles. The van der Waals surface area contributed by atoms with Gasteiger partial charge in [-0.05, 0) is 27.2 Å². The van der Waals surface area contributed by atoms with Gasteiger partial charge in [-0.1, -0.05) is 0 Å². The van der Waals surface area contributed by atoms with E-state index in [0.717, 1.165) is 19.5 Å². The first-order chi connectivity index (χ1) is 10.3. The SMILES string of the molecule is COC1CN(C(CN)CCNC(=O)OC(C)(C)C)CC1OC. The molecule has 0 spiro atoms. The molecule has 0 bridgehead atoms. The molecule has 1 heterocycles. The Bertz CT molecular complexity index is 334. The standard InChI is InChI=1S/C15H31N3O4/c1-15(2,3)22-14(19)17-7-6-11(8-16)18-9-12(20-4)13(10-18)21-5/h11-13H,6-10,16H2,1-5H3,(H,17,19). The number of nitrogens with one attached hydrogen (secondary N) is 1. The summed E-state index contributed by atoms with van der Waals surface area (Å²) in [5.41, 5.74) is 5.40. The summed E-state index contributed by atoms with van der Waals surface area (Å²) >= 11 is 0. The molecule has 1 fully saturated rings. The minimum Gasteiger partial charge on any atom is -0.444 e. The van der Waals surface area contributed by atoms with Crippen molar-refractivity contribution in [3.63, 3.8) is 0 Å². The maximum absolute atomic E-state index is 11.6. The van der Waals surface area contributed by atoms with Crippen LogP contribution < -0.4 is 11.1 Å². The van der Waals surface area contributed by atoms with Gasteiger partial charge in [0.2, 0.25) is 0 Å². The molecule has 1 amide bonds. The molecule has 7 nitrogen and oxygen atoms in total. The van der Waals surface area contributed by atoms with Crippen molar-refractivity contribution in [3.8, 4) is 0 Å². The highest BCUT2D eigenvalue weighted by Gasteiger charge is 2.35. The Kier molecular flexibility index (Phi) is 7.55. The maximum Gasteiger partial charge on any atom is 0.407 e. The zero-order chi connectivity index (χ0) is 16.8. The van der Waals surface area contributed by atoms with Gasteiger partial charge in [-0.3, -0.25) is 4.90 Å². The summed E-state index contributed by atoms with van der Waals surface area (Å²) in [5, 5.41) is 2.77. The van der Waals surface area contributed by atoms with Gasteiger partial charge in [-0.15, -0.1) is 0 Å². The van der Waals surface area contributed by atoms with Gasteiger partial charge >= 0.3 is 6.09 Å². The summed E-state index contributed by atoms with van der Waals surface area (Å²) in [6, 6.07) is 0.188. The van der Waals surface area contributed by atoms with Gasteiger partial charge < -0.3 is 25.3 Å². The number of carbonyl (C=O) groups is 1. The highest BCUT2D eigenvalue weighted by Crippen LogP contribution is 2.19. The van der Waals surface area contributed by atoms with E-state index < -0.39 is 11.7 Å². The fourth-order valence-electron chi connectivity index (χ4n) is 2.63. The van der Waals surface area contributed by atoms with Crippen molar-refractivity contribution in [2.24, 2.45) is 5.73 Å². The first kappa shape index (κ1) is 19.2. The smallest absolute Gasteiger partial charge is 0.407 e. The van der Waals surface area contributed by atoms with E-state index in [-0.39, 0.29) is 18.2 Å². The van der Waals surface area contributed by atoms with E-state index >= 15 is 0 Å². The largest absolute Gasteiger partial charge is 0.444 e. The summed E-state index contributed by atoms with van der Waals surface area (Å²) < 4.78 is 16.1. The number of rotatable bonds is 7. The second kappa shape index (κ2) is 8.67. The average Bonchev–Trinajstić information content (AvgIpc) is 2.84. The third kappa shape index (κ3) is 6.08. The molecule has 1 aliphatic rings. The van der Waals surface area contributed by atoms with Crippen molar-refractivity contribution in [1.29, 1.82) is 0 Å². The zero-order valence-electron chi connectivity index (χ0n) is 14.4. The molecule has 0 aromatic rings. The number of methoxy groups -OCH3 is 2. The Labute approximate surface area is 133 Å². The Hall–Kier alpha value is -0.890. The van der Waals surface area contributed by atoms with Crippen LogP contribution in [0.5, 0.6) is 0 Å². The number of carbonyl (C=O) groups excluding carboxylic acids is 1. The maximum atomic E-state index is 11.6. The molecule has 1 rings (SSSR count). The molecular weight excluding hydrogens is 286 g/mol. The number of ether oxygens (including phenoxy) is 3. The van der Waals surface area contributed by atoms with Crippen LogP contribution in [0.4, 0.5) is 4.79 Å². The minimum absolute atomic E-state index is 0.0675. The topological polar surface area (TPSA) is 86.1 Å². The molecule has 0 radical (unpaired) electrons. The van der Waals surface area contributed by atoms with Crippen LogP contribution >= 0.6 is 0 Å². The molecule has 3 N–H and O–H groups in total. The number of hydrogen-bond acceptors (Lipinski definition) is 6. The Morgan fingerprint density at radius 2 is 1.82 bits per heavy atom. The Morgan fingerprint density at radius 3 is 2.23 bits per heavy atom. The lowest BCUT2D eigenvalue weighted by molar-refractivity contribution is -0.00461. The minimum atomic E-state index is -0.482. The fourth-order valence-corrected chi connectivity index (χ4v) is 2.63. The van der Waals surface area contributed by atoms with Gasteiger partial charge in [-0.2, -0.15) is 0 Å². The Balaban J connectivity index is 2.38. The molecule has 0 aliphatic carbocycles. The lowest BCUT2D eigenvalue weighted by Gasteiger charge is -2.27. The number of likely N-dealkylation sites (tertiary alicyclic amines) is 1. The molecule has 3 unspecified atom stereocenters. The van der Waals surface area contributed by atoms with Crippen LogP contribution in [0, 0.1) is 0 Å². The predicted molar refractivity (Wildman–Crippen MR) is 84.9 cm³/mol. The summed E-state index contributed by atoms with van der Waals surface area (Å²) in [6.07, 6.45) is 0.507. The van der Waals surface area contributed by atoms with E-state index in [1.165, 1.54) is 0 Å². The molecular formula is C15H31N3O4. The van der Waals surface area contributed by atoms with Crippen LogP contribution in [0.15, 0.2) is 0 Å². The van der Waals surface area contributed by atoms with Crippen molar-refractivity contribution >= 4 is 6.09 Å². The van der Waals surface area contributed by atoms with Gasteiger partial charge in [0, 0.05) is 46.4 Å². The van der Waals surface area contributed by atoms with Crippen LogP contribution in [0.1, 0.15) is 27.2 Å². The van der Waals surface area contributed by atoms with E-state index in [1.54, 1.807) is 14.2 Å². The van der Waals surface area contributed by atoms with Crippen molar-refractivity contribution in [3.05, 3.63) is 0 Å². The molecule has 1 saturated heterocycles. The number of nitrogens with zero attached hydrogens (tertiary/aromatic N) is 1. The summed E-state index contributed by atoms with van der Waals surface area (Å²) in [6.45, 7) is 8.18. The number of alkyl carbamates (subject to hydrolysis) is 1. The Morgan fingerprint density at radius 1 is 1.27 bits per heavy atom. The van der Waals surface area contributed by atoms with E-state index in [2.05, 4.69) is 10.2 Å². The monoisotopic (exact) mass is 317 g/mol. The fraction of sp³-hybridized carbons (Fsp3) is 0.933. The van der Waals surface area contributed by atoms with Crippen molar-refractivity contribution in [2.45, 2.75) is 51.0 Å². The number of nitrogens with two attached hydrogens (primary N) is 1. The van der Waals surface area contributed by atoms with E-state index in [4.69, 9.17) is 19.9 Å². The second-order valence-corrected chi connectivity index (χ2v) is 6.61. The van der Waals surface area contributed by atoms with Gasteiger partial charge in [0.1, 0.15) is 5.60 Å². The van der Waals surface area contributed by atoms with Crippen LogP contribution in [0.25, 0.3) is 0 Å². The predicted octanol–water partition coefficient (Wildman–Crippen LogP) is 0.574. The zero-order valence-corrected chi connectivity index (χ0v) is 14.4. The van der Waals surface area contributed by atoms with Gasteiger partial charge in [0.25, 0.3) is 0 Å². The van der Waals surface area contributed by atoms with E-state index in [1.807, 2.05) is 20.8 Å². The average molecular weight is 317 g/mol. The third-order valence-electron chi connectivity index (χ3n) is 3.78. The molecule has 0 aromatic carbocycles. The van der Waals surface area contributed by atoms with Crippen molar-refractivity contribution in [2.75, 3.05) is 40.4 Å². The molecule has 130 valence electrons. The third-order valence-corrected chi connectivity index (χ3v) is 3.78. The quantitative estimate of drug-likeness (QED) is 0.714. The number of hydrogen-bond donors (Lipinski definition) is 2. The van der Waals surface area contributed by atoms with Crippen LogP contribution in [-0.2, 0) is 14.2 Å². The molecule has 22 heavy (non-hydrogen) atoms. The summed E-state index contributed by atoms with van der Waals surface area (Å²) in [5.74, 6) is 0. The second-order valence-electron chi connectivity index (χ2n) is 6.61. The molecule has 7 heteroatoms. The molecule has 1 aliphatic heterocycles. The summed E-state index contributed by atoms with van der Waals surface area (Å²) in [7, 11) is 3.39. The lowest BCUT2D eigenvalue weighted by Crippen LogP contribution is -2.43.